The lowest BCUT2D eigenvalue weighted by Gasteiger charge is -2.18. The molecular weight excluding hydrogens is 296 g/mol. The molecule has 7 nitrogen and oxygen atoms in total. The lowest BCUT2D eigenvalue weighted by Crippen LogP contribution is -2.28. The molecule has 23 heavy (non-hydrogen) atoms. The normalized spacial score (nSPS) is 11.3. The number of rotatable bonds is 4. The molecule has 2 aromatic rings. The molecule has 122 valence electrons. The van der Waals surface area contributed by atoms with Gasteiger partial charge in [0.05, 0.1) is 11.1 Å². The second kappa shape index (κ2) is 6.20. The van der Waals surface area contributed by atoms with Crippen molar-refractivity contribution in [2.24, 2.45) is 0 Å². The summed E-state index contributed by atoms with van der Waals surface area (Å²) in [6.45, 7) is 6.28. The third-order valence-corrected chi connectivity index (χ3v) is 3.34. The SMILES string of the molecule is CN(Cc1ccc(C(=O)O)cc1)C(=O)c1ncn(C(C)(C)C)n1. The van der Waals surface area contributed by atoms with E-state index in [0.717, 1.165) is 5.56 Å². The summed E-state index contributed by atoms with van der Waals surface area (Å²) >= 11 is 0. The van der Waals surface area contributed by atoms with Crippen molar-refractivity contribution in [2.75, 3.05) is 7.05 Å². The molecule has 1 amide bonds. The number of aromatic nitrogens is 3. The van der Waals surface area contributed by atoms with Gasteiger partial charge in [0, 0.05) is 13.6 Å². The first kappa shape index (κ1) is 16.7. The highest BCUT2D eigenvalue weighted by Crippen LogP contribution is 2.12. The zero-order chi connectivity index (χ0) is 17.2. The van der Waals surface area contributed by atoms with Crippen LogP contribution >= 0.6 is 0 Å². The first-order chi connectivity index (χ1) is 10.7. The van der Waals surface area contributed by atoms with Crippen molar-refractivity contribution in [3.63, 3.8) is 0 Å². The van der Waals surface area contributed by atoms with Gasteiger partial charge >= 0.3 is 5.97 Å². The van der Waals surface area contributed by atoms with Crippen molar-refractivity contribution in [1.82, 2.24) is 19.7 Å². The topological polar surface area (TPSA) is 88.3 Å². The Morgan fingerprint density at radius 3 is 2.30 bits per heavy atom. The molecule has 1 aromatic carbocycles. The smallest absolute Gasteiger partial charge is 0.335 e. The van der Waals surface area contributed by atoms with Crippen LogP contribution in [0.2, 0.25) is 0 Å². The van der Waals surface area contributed by atoms with Crippen LogP contribution < -0.4 is 0 Å². The lowest BCUT2D eigenvalue weighted by atomic mass is 10.1. The summed E-state index contributed by atoms with van der Waals surface area (Å²) in [4.78, 5) is 28.7. The van der Waals surface area contributed by atoms with Crippen molar-refractivity contribution in [3.8, 4) is 0 Å². The number of carbonyl (C=O) groups is 2. The fourth-order valence-corrected chi connectivity index (χ4v) is 1.95. The first-order valence-corrected chi connectivity index (χ1v) is 7.18. The van der Waals surface area contributed by atoms with Crippen LogP contribution in [0.25, 0.3) is 0 Å². The summed E-state index contributed by atoms with van der Waals surface area (Å²) in [7, 11) is 1.66. The minimum Gasteiger partial charge on any atom is -0.478 e. The third-order valence-electron chi connectivity index (χ3n) is 3.34. The number of aromatic carboxylic acids is 1. The predicted octanol–water partition coefficient (Wildman–Crippen LogP) is 2.00. The monoisotopic (exact) mass is 316 g/mol. The minimum absolute atomic E-state index is 0.143. The third kappa shape index (κ3) is 3.94. The Labute approximate surface area is 134 Å². The molecular formula is C16H20N4O3. The van der Waals surface area contributed by atoms with Crippen LogP contribution in [0, 0.1) is 0 Å². The Morgan fingerprint density at radius 1 is 1.22 bits per heavy atom. The van der Waals surface area contributed by atoms with Crippen molar-refractivity contribution in [1.29, 1.82) is 0 Å². The van der Waals surface area contributed by atoms with E-state index >= 15 is 0 Å². The second-order valence-corrected chi connectivity index (χ2v) is 6.35. The summed E-state index contributed by atoms with van der Waals surface area (Å²) in [6, 6.07) is 6.41. The molecule has 0 radical (unpaired) electrons. The van der Waals surface area contributed by atoms with Gasteiger partial charge in [-0.1, -0.05) is 12.1 Å². The molecule has 1 heterocycles. The molecule has 0 saturated heterocycles. The van der Waals surface area contributed by atoms with Gasteiger partial charge in [-0.15, -0.1) is 5.10 Å². The Bertz CT molecular complexity index is 714. The van der Waals surface area contributed by atoms with Gasteiger partial charge in [-0.05, 0) is 38.5 Å². The van der Waals surface area contributed by atoms with Crippen LogP contribution in [0.4, 0.5) is 0 Å². The fourth-order valence-electron chi connectivity index (χ4n) is 1.95. The second-order valence-electron chi connectivity index (χ2n) is 6.35. The Balaban J connectivity index is 2.08. The molecule has 2 rings (SSSR count). The first-order valence-electron chi connectivity index (χ1n) is 7.18. The van der Waals surface area contributed by atoms with E-state index in [1.807, 2.05) is 20.8 Å². The van der Waals surface area contributed by atoms with Gasteiger partial charge < -0.3 is 10.0 Å². The van der Waals surface area contributed by atoms with E-state index in [2.05, 4.69) is 10.1 Å². The quantitative estimate of drug-likeness (QED) is 0.932. The summed E-state index contributed by atoms with van der Waals surface area (Å²) in [5.41, 5.74) is 0.811. The molecule has 0 fully saturated rings. The summed E-state index contributed by atoms with van der Waals surface area (Å²) < 4.78 is 1.65. The van der Waals surface area contributed by atoms with Gasteiger partial charge in [-0.3, -0.25) is 4.79 Å². The van der Waals surface area contributed by atoms with E-state index in [4.69, 9.17) is 5.11 Å². The Morgan fingerprint density at radius 2 is 1.83 bits per heavy atom. The van der Waals surface area contributed by atoms with Crippen LogP contribution in [0.15, 0.2) is 30.6 Å². The maximum absolute atomic E-state index is 12.4. The molecule has 0 aliphatic carbocycles. The molecule has 0 spiro atoms. The number of carbonyl (C=O) groups excluding carboxylic acids is 1. The van der Waals surface area contributed by atoms with E-state index in [-0.39, 0.29) is 22.8 Å². The van der Waals surface area contributed by atoms with E-state index in [1.54, 1.807) is 30.2 Å². The Kier molecular flexibility index (Phi) is 4.49. The van der Waals surface area contributed by atoms with Crippen LogP contribution in [-0.2, 0) is 12.1 Å². The highest BCUT2D eigenvalue weighted by molar-refractivity contribution is 5.90. The maximum Gasteiger partial charge on any atom is 0.335 e. The van der Waals surface area contributed by atoms with Gasteiger partial charge in [0.15, 0.2) is 0 Å². The van der Waals surface area contributed by atoms with Crippen molar-refractivity contribution >= 4 is 11.9 Å². The Hall–Kier alpha value is -2.70. The van der Waals surface area contributed by atoms with Crippen LogP contribution in [0.1, 0.15) is 47.3 Å². The molecule has 0 aliphatic rings. The highest BCUT2D eigenvalue weighted by Gasteiger charge is 2.21. The molecule has 0 aliphatic heterocycles. The predicted molar refractivity (Wildman–Crippen MR) is 84.2 cm³/mol. The van der Waals surface area contributed by atoms with Gasteiger partial charge in [0.25, 0.3) is 5.91 Å². The van der Waals surface area contributed by atoms with E-state index in [9.17, 15) is 9.59 Å². The average molecular weight is 316 g/mol. The van der Waals surface area contributed by atoms with Gasteiger partial charge in [-0.2, -0.15) is 0 Å². The van der Waals surface area contributed by atoms with E-state index < -0.39 is 5.97 Å². The van der Waals surface area contributed by atoms with Crippen molar-refractivity contribution < 1.29 is 14.7 Å². The highest BCUT2D eigenvalue weighted by atomic mass is 16.4. The van der Waals surface area contributed by atoms with Crippen LogP contribution in [0.5, 0.6) is 0 Å². The zero-order valence-electron chi connectivity index (χ0n) is 13.6. The fraction of sp³-hybridized carbons (Fsp3) is 0.375. The number of carboxylic acid groups (broad SMARTS) is 1. The number of nitrogens with zero attached hydrogens (tertiary/aromatic N) is 4. The minimum atomic E-state index is -0.974. The summed E-state index contributed by atoms with van der Waals surface area (Å²) in [5, 5.41) is 13.1. The van der Waals surface area contributed by atoms with E-state index in [1.165, 1.54) is 17.0 Å². The largest absolute Gasteiger partial charge is 0.478 e. The van der Waals surface area contributed by atoms with E-state index in [0.29, 0.717) is 6.54 Å². The van der Waals surface area contributed by atoms with Gasteiger partial charge in [0.2, 0.25) is 5.82 Å². The number of hydrogen-bond donors (Lipinski definition) is 1. The van der Waals surface area contributed by atoms with Crippen molar-refractivity contribution in [2.45, 2.75) is 32.9 Å². The van der Waals surface area contributed by atoms with Crippen molar-refractivity contribution in [3.05, 3.63) is 47.5 Å². The molecule has 0 saturated carbocycles. The van der Waals surface area contributed by atoms with Crippen LogP contribution in [-0.4, -0.2) is 43.7 Å². The number of carboxylic acids is 1. The maximum atomic E-state index is 12.4. The standard InChI is InChI=1S/C16H20N4O3/c1-16(2,3)20-10-17-13(18-20)14(21)19(4)9-11-5-7-12(8-6-11)15(22)23/h5-8,10H,9H2,1-4H3,(H,22,23). The summed E-state index contributed by atoms with van der Waals surface area (Å²) in [5.74, 6) is -1.11. The molecule has 0 unspecified atom stereocenters. The molecule has 0 bridgehead atoms. The average Bonchev–Trinajstić information content (AvgIpc) is 2.96. The number of amides is 1. The molecule has 1 aromatic heterocycles. The lowest BCUT2D eigenvalue weighted by molar-refractivity contribution is 0.0695. The van der Waals surface area contributed by atoms with Gasteiger partial charge in [0.1, 0.15) is 6.33 Å². The molecule has 7 heteroatoms. The number of benzene rings is 1. The zero-order valence-corrected chi connectivity index (χ0v) is 13.6. The molecule has 1 N–H and O–H groups in total. The van der Waals surface area contributed by atoms with Crippen LogP contribution in [0.3, 0.4) is 0 Å². The number of hydrogen-bond acceptors (Lipinski definition) is 4. The van der Waals surface area contributed by atoms with Gasteiger partial charge in [-0.25, -0.2) is 14.5 Å². The molecule has 0 atom stereocenters. The summed E-state index contributed by atoms with van der Waals surface area (Å²) in [6.07, 6.45) is 1.54.